The van der Waals surface area contributed by atoms with Gasteiger partial charge in [-0.25, -0.2) is 4.79 Å². The lowest BCUT2D eigenvalue weighted by atomic mass is 9.97. The zero-order chi connectivity index (χ0) is 21.7. The van der Waals surface area contributed by atoms with Crippen molar-refractivity contribution < 1.29 is 18.7 Å². The lowest BCUT2D eigenvalue weighted by molar-refractivity contribution is -0.142. The Kier molecular flexibility index (Phi) is 6.72. The van der Waals surface area contributed by atoms with Gasteiger partial charge < -0.3 is 14.5 Å². The van der Waals surface area contributed by atoms with Gasteiger partial charge in [0.1, 0.15) is 11.8 Å². The highest BCUT2D eigenvalue weighted by Crippen LogP contribution is 2.21. The minimum absolute atomic E-state index is 0.175. The molecule has 0 saturated heterocycles. The van der Waals surface area contributed by atoms with E-state index in [2.05, 4.69) is 38.2 Å². The van der Waals surface area contributed by atoms with Crippen LogP contribution in [-0.4, -0.2) is 25.0 Å². The molecule has 1 N–H and O–H groups in total. The zero-order valence-corrected chi connectivity index (χ0v) is 17.8. The number of carbonyl (C=O) groups excluding carboxylic acids is 2. The van der Waals surface area contributed by atoms with E-state index in [1.807, 2.05) is 30.3 Å². The van der Waals surface area contributed by atoms with Crippen molar-refractivity contribution in [3.05, 3.63) is 93.9 Å². The first kappa shape index (κ1) is 21.4. The number of hydrogen-bond donors (Lipinski definition) is 1. The van der Waals surface area contributed by atoms with Crippen LogP contribution in [0.1, 0.15) is 44.1 Å². The minimum atomic E-state index is -0.792. The van der Waals surface area contributed by atoms with Gasteiger partial charge in [0.2, 0.25) is 0 Å². The fourth-order valence-electron chi connectivity index (χ4n) is 3.67. The van der Waals surface area contributed by atoms with Crippen LogP contribution in [0, 0.1) is 20.8 Å². The van der Waals surface area contributed by atoms with Gasteiger partial charge in [0, 0.05) is 12.8 Å². The minimum Gasteiger partial charge on any atom is -0.467 e. The number of hydrogen-bond acceptors (Lipinski definition) is 4. The van der Waals surface area contributed by atoms with Crippen LogP contribution >= 0.6 is 0 Å². The lowest BCUT2D eigenvalue weighted by Crippen LogP contribution is -2.43. The van der Waals surface area contributed by atoms with Gasteiger partial charge in [-0.15, -0.1) is 0 Å². The van der Waals surface area contributed by atoms with Gasteiger partial charge in [-0.1, -0.05) is 48.0 Å². The van der Waals surface area contributed by atoms with E-state index in [1.54, 1.807) is 12.1 Å². The van der Waals surface area contributed by atoms with Crippen molar-refractivity contribution in [2.45, 2.75) is 39.7 Å². The average molecular weight is 405 g/mol. The second kappa shape index (κ2) is 9.44. The summed E-state index contributed by atoms with van der Waals surface area (Å²) in [6.45, 7) is 6.24. The Morgan fingerprint density at radius 2 is 1.67 bits per heavy atom. The number of carbonyl (C=O) groups is 2. The number of benzene rings is 2. The largest absolute Gasteiger partial charge is 0.467 e. The zero-order valence-electron chi connectivity index (χ0n) is 17.8. The van der Waals surface area contributed by atoms with Gasteiger partial charge in [0.05, 0.1) is 7.11 Å². The summed E-state index contributed by atoms with van der Waals surface area (Å²) in [5, 5.41) is 2.73. The van der Waals surface area contributed by atoms with Crippen LogP contribution < -0.4 is 5.32 Å². The monoisotopic (exact) mass is 405 g/mol. The molecular weight excluding hydrogens is 378 g/mol. The van der Waals surface area contributed by atoms with E-state index in [4.69, 9.17) is 9.15 Å². The van der Waals surface area contributed by atoms with E-state index < -0.39 is 17.9 Å². The van der Waals surface area contributed by atoms with Crippen LogP contribution in [0.4, 0.5) is 0 Å². The highest BCUT2D eigenvalue weighted by Gasteiger charge is 2.24. The smallest absolute Gasteiger partial charge is 0.328 e. The normalized spacial score (nSPS) is 11.7. The maximum absolute atomic E-state index is 12.7. The molecule has 30 heavy (non-hydrogen) atoms. The number of aryl methyl sites for hydroxylation is 3. The van der Waals surface area contributed by atoms with Crippen molar-refractivity contribution in [2.75, 3.05) is 7.11 Å². The van der Waals surface area contributed by atoms with E-state index in [-0.39, 0.29) is 5.76 Å². The van der Waals surface area contributed by atoms with E-state index in [9.17, 15) is 9.59 Å². The summed E-state index contributed by atoms with van der Waals surface area (Å²) in [6, 6.07) is 16.4. The molecule has 0 fully saturated rings. The molecule has 0 aliphatic carbocycles. The van der Waals surface area contributed by atoms with E-state index >= 15 is 0 Å². The molecule has 2 aromatic carbocycles. The maximum atomic E-state index is 12.7. The van der Waals surface area contributed by atoms with Crippen LogP contribution in [0.15, 0.2) is 59.0 Å². The van der Waals surface area contributed by atoms with E-state index in [1.165, 1.54) is 29.4 Å². The average Bonchev–Trinajstić information content (AvgIpc) is 3.19. The fourth-order valence-corrected chi connectivity index (χ4v) is 3.67. The van der Waals surface area contributed by atoms with Gasteiger partial charge in [-0.05, 0) is 55.2 Å². The summed E-state index contributed by atoms with van der Waals surface area (Å²) in [5.41, 5.74) is 5.74. The first-order valence-corrected chi connectivity index (χ1v) is 9.95. The molecule has 5 nitrogen and oxygen atoms in total. The first-order chi connectivity index (χ1) is 14.4. The molecule has 1 unspecified atom stereocenters. The summed E-state index contributed by atoms with van der Waals surface area (Å²) in [5.74, 6) is -0.0583. The number of furan rings is 1. The van der Waals surface area contributed by atoms with Gasteiger partial charge >= 0.3 is 5.97 Å². The molecule has 0 radical (unpaired) electrons. The molecule has 156 valence electrons. The van der Waals surface area contributed by atoms with E-state index in [0.717, 1.165) is 5.56 Å². The third-order valence-corrected chi connectivity index (χ3v) is 5.15. The number of nitrogens with one attached hydrogen (secondary N) is 1. The standard InChI is InChI=1S/C25H27NO4/c1-16-12-17(2)21(18(3)13-16)15-20-10-11-23(30-20)24(27)26-22(25(28)29-4)14-19-8-6-5-7-9-19/h5-13,22H,14-15H2,1-4H3,(H,26,27). The second-order valence-corrected chi connectivity index (χ2v) is 7.56. The molecular formula is C25H27NO4. The van der Waals surface area contributed by atoms with Gasteiger partial charge in [0.25, 0.3) is 5.91 Å². The Morgan fingerprint density at radius 3 is 2.30 bits per heavy atom. The Labute approximate surface area is 177 Å². The van der Waals surface area contributed by atoms with Crippen molar-refractivity contribution in [3.63, 3.8) is 0 Å². The molecule has 5 heteroatoms. The molecule has 1 amide bonds. The molecule has 0 saturated carbocycles. The van der Waals surface area contributed by atoms with Crippen LogP contribution in [-0.2, 0) is 22.4 Å². The number of ether oxygens (including phenoxy) is 1. The fraction of sp³-hybridized carbons (Fsp3) is 0.280. The van der Waals surface area contributed by atoms with Crippen LogP contribution in [0.25, 0.3) is 0 Å². The molecule has 0 spiro atoms. The van der Waals surface area contributed by atoms with Gasteiger partial charge in [0.15, 0.2) is 5.76 Å². The maximum Gasteiger partial charge on any atom is 0.328 e. The summed E-state index contributed by atoms with van der Waals surface area (Å²) >= 11 is 0. The number of methoxy groups -OCH3 is 1. The van der Waals surface area contributed by atoms with E-state index in [0.29, 0.717) is 18.6 Å². The topological polar surface area (TPSA) is 68.5 Å². The third kappa shape index (κ3) is 5.17. The highest BCUT2D eigenvalue weighted by atomic mass is 16.5. The SMILES string of the molecule is COC(=O)C(Cc1ccccc1)NC(=O)c1ccc(Cc2c(C)cc(C)cc2C)o1. The Bertz CT molecular complexity index is 1010. The highest BCUT2D eigenvalue weighted by molar-refractivity contribution is 5.94. The molecule has 3 rings (SSSR count). The summed E-state index contributed by atoms with van der Waals surface area (Å²) in [7, 11) is 1.31. The number of esters is 1. The Morgan fingerprint density at radius 1 is 1.00 bits per heavy atom. The third-order valence-electron chi connectivity index (χ3n) is 5.15. The van der Waals surface area contributed by atoms with Gasteiger partial charge in [-0.3, -0.25) is 4.79 Å². The second-order valence-electron chi connectivity index (χ2n) is 7.56. The van der Waals surface area contributed by atoms with Gasteiger partial charge in [-0.2, -0.15) is 0 Å². The number of rotatable bonds is 7. The molecule has 1 aromatic heterocycles. The molecule has 0 aliphatic rings. The Balaban J connectivity index is 1.72. The van der Waals surface area contributed by atoms with Crippen molar-refractivity contribution in [1.29, 1.82) is 0 Å². The summed E-state index contributed by atoms with van der Waals surface area (Å²) in [4.78, 5) is 24.9. The predicted octanol–water partition coefficient (Wildman–Crippen LogP) is 4.31. The predicted molar refractivity (Wildman–Crippen MR) is 116 cm³/mol. The molecule has 0 aliphatic heterocycles. The van der Waals surface area contributed by atoms with Crippen LogP contribution in [0.3, 0.4) is 0 Å². The quantitative estimate of drug-likeness (QED) is 0.595. The van der Waals surface area contributed by atoms with Crippen molar-refractivity contribution in [3.8, 4) is 0 Å². The number of amides is 1. The van der Waals surface area contributed by atoms with Crippen LogP contribution in [0.5, 0.6) is 0 Å². The molecule has 0 bridgehead atoms. The lowest BCUT2D eigenvalue weighted by Gasteiger charge is -2.16. The van der Waals surface area contributed by atoms with Crippen LogP contribution in [0.2, 0.25) is 0 Å². The Hall–Kier alpha value is -3.34. The molecule has 1 heterocycles. The summed E-state index contributed by atoms with van der Waals surface area (Å²) < 4.78 is 10.6. The van der Waals surface area contributed by atoms with Crippen molar-refractivity contribution in [2.24, 2.45) is 0 Å². The van der Waals surface area contributed by atoms with Crippen molar-refractivity contribution in [1.82, 2.24) is 5.32 Å². The first-order valence-electron chi connectivity index (χ1n) is 9.95. The molecule has 3 aromatic rings. The van der Waals surface area contributed by atoms with Crippen molar-refractivity contribution >= 4 is 11.9 Å². The molecule has 1 atom stereocenters. The summed E-state index contributed by atoms with van der Waals surface area (Å²) in [6.07, 6.45) is 0.949.